The van der Waals surface area contributed by atoms with Crippen LogP contribution in [0.3, 0.4) is 0 Å². The molecular weight excluding hydrogens is 814 g/mol. The first kappa shape index (κ1) is 45.6. The van der Waals surface area contributed by atoms with Crippen molar-refractivity contribution in [3.05, 3.63) is 69.9 Å². The van der Waals surface area contributed by atoms with Gasteiger partial charge in [0.2, 0.25) is 11.8 Å². The van der Waals surface area contributed by atoms with Crippen molar-refractivity contribution in [2.24, 2.45) is 5.92 Å². The molecule has 0 aromatic heterocycles. The second kappa shape index (κ2) is 18.0. The third-order valence-corrected chi connectivity index (χ3v) is 10.5. The van der Waals surface area contributed by atoms with Crippen molar-refractivity contribution < 1.29 is 91.3 Å². The lowest BCUT2D eigenvalue weighted by atomic mass is 9.85. The molecule has 7 atom stereocenters. The summed E-state index contributed by atoms with van der Waals surface area (Å²) in [5, 5.41) is 29.7. The molecule has 0 saturated carbocycles. The second-order valence-corrected chi connectivity index (χ2v) is 14.0. The molecule has 5 N–H and O–H groups in total. The lowest BCUT2D eigenvalue weighted by Crippen LogP contribution is -2.56. The van der Waals surface area contributed by atoms with Crippen LogP contribution in [0.15, 0.2) is 69.9 Å². The monoisotopic (exact) mass is 857 g/mol. The molecule has 328 valence electrons. The molecular formula is C39H43N3O19. The fourth-order valence-electron chi connectivity index (χ4n) is 7.62. The second-order valence-electron chi connectivity index (χ2n) is 14.0. The molecule has 0 aromatic carbocycles. The maximum absolute atomic E-state index is 14.0. The summed E-state index contributed by atoms with van der Waals surface area (Å²) in [6.07, 6.45) is 2.21. The van der Waals surface area contributed by atoms with Crippen LogP contribution in [-0.4, -0.2) is 161 Å². The van der Waals surface area contributed by atoms with Gasteiger partial charge < -0.3 is 64.1 Å². The normalized spacial score (nSPS) is 26.4. The first-order valence-electron chi connectivity index (χ1n) is 18.3. The van der Waals surface area contributed by atoms with Crippen LogP contribution in [0.1, 0.15) is 12.8 Å². The number of methoxy groups -OCH3 is 6. The number of carbonyl (C=O) groups excluding carboxylic acids is 9. The van der Waals surface area contributed by atoms with Gasteiger partial charge in [0.1, 0.15) is 29.5 Å². The number of fused-ring (bicyclic) bond motifs is 4. The number of hydrogen-bond donors (Lipinski definition) is 5. The number of rotatable bonds is 17. The number of ether oxygens (including phenoxy) is 8. The molecule has 5 rings (SSSR count). The largest absolute Gasteiger partial charge is 0.466 e. The van der Waals surface area contributed by atoms with Crippen LogP contribution in [0, 0.1) is 5.92 Å². The van der Waals surface area contributed by atoms with E-state index in [9.17, 15) is 53.4 Å². The molecule has 4 heterocycles. The van der Waals surface area contributed by atoms with Gasteiger partial charge in [0.25, 0.3) is 5.91 Å². The molecule has 0 radical (unpaired) electrons. The van der Waals surface area contributed by atoms with Gasteiger partial charge in [0, 0.05) is 12.5 Å². The van der Waals surface area contributed by atoms with Gasteiger partial charge in [-0.2, -0.15) is 0 Å². The molecule has 0 fully saturated rings. The molecule has 3 amide bonds. The molecule has 22 heteroatoms. The minimum atomic E-state index is -2.91. The summed E-state index contributed by atoms with van der Waals surface area (Å²) in [7, 11) is 6.32. The van der Waals surface area contributed by atoms with Gasteiger partial charge in [-0.3, -0.25) is 14.4 Å². The summed E-state index contributed by atoms with van der Waals surface area (Å²) < 4.78 is 40.6. The van der Waals surface area contributed by atoms with E-state index in [1.807, 2.05) is 0 Å². The van der Waals surface area contributed by atoms with Crippen LogP contribution in [-0.2, 0) is 81.0 Å². The molecule has 1 aliphatic carbocycles. The van der Waals surface area contributed by atoms with Crippen LogP contribution in [0.2, 0.25) is 0 Å². The summed E-state index contributed by atoms with van der Waals surface area (Å²) in [6, 6.07) is 0. The van der Waals surface area contributed by atoms with E-state index >= 15 is 0 Å². The Kier molecular flexibility index (Phi) is 13.5. The third-order valence-electron chi connectivity index (χ3n) is 10.5. The van der Waals surface area contributed by atoms with E-state index in [1.165, 1.54) is 36.5 Å². The van der Waals surface area contributed by atoms with Crippen molar-refractivity contribution in [3.8, 4) is 0 Å². The molecule has 0 spiro atoms. The maximum atomic E-state index is 14.0. The molecule has 0 aromatic rings. The zero-order valence-electron chi connectivity index (χ0n) is 33.6. The minimum absolute atomic E-state index is 0.169. The molecule has 4 bridgehead atoms. The topological polar surface area (TPSA) is 304 Å². The smallest absolute Gasteiger partial charge is 0.337 e. The van der Waals surface area contributed by atoms with Crippen molar-refractivity contribution >= 4 is 53.5 Å². The summed E-state index contributed by atoms with van der Waals surface area (Å²) in [4.78, 5) is 118. The van der Waals surface area contributed by atoms with Gasteiger partial charge in [0.05, 0.1) is 102 Å². The summed E-state index contributed by atoms with van der Waals surface area (Å²) >= 11 is 0. The molecule has 7 unspecified atom stereocenters. The van der Waals surface area contributed by atoms with Crippen molar-refractivity contribution in [2.75, 3.05) is 62.3 Å². The maximum Gasteiger partial charge on any atom is 0.337 e. The summed E-state index contributed by atoms with van der Waals surface area (Å²) in [5.74, 6) is -10.4. The van der Waals surface area contributed by atoms with E-state index < -0.39 is 133 Å². The zero-order chi connectivity index (χ0) is 45.0. The van der Waals surface area contributed by atoms with E-state index in [0.29, 0.717) is 0 Å². The van der Waals surface area contributed by atoms with Gasteiger partial charge in [0.15, 0.2) is 5.60 Å². The van der Waals surface area contributed by atoms with Crippen LogP contribution in [0.5, 0.6) is 0 Å². The Morgan fingerprint density at radius 1 is 0.574 bits per heavy atom. The number of amides is 3. The number of aliphatic hydroxyl groups is 2. The molecule has 22 nitrogen and oxygen atoms in total. The van der Waals surface area contributed by atoms with Crippen molar-refractivity contribution in [2.45, 2.75) is 48.0 Å². The number of hydrogen-bond acceptors (Lipinski definition) is 19. The van der Waals surface area contributed by atoms with Gasteiger partial charge in [-0.05, 0) is 12.2 Å². The standard InChI is InChI=1S/C39H43N3O19/c1-54-30(46)24-18(7-8-19(43)25(24)31(47)55-2)15-40-22(44)13-37(53,36(52)42-17-39-12-10-21(61-39)27(33(49)57-4)29(39)35(51)59-6)14-23(45)41-16-38-11-9-20(60-38)26(32(48)56-3)28(38)34(50)58-5/h7-12,18-21,43,53H,13-17H2,1-6H3,(H,40,44)(H,41,45)(H,42,52). The number of nitrogens with one attached hydrogen (secondary N) is 3. The van der Waals surface area contributed by atoms with E-state index in [2.05, 4.69) is 16.0 Å². The fourth-order valence-corrected chi connectivity index (χ4v) is 7.62. The Morgan fingerprint density at radius 3 is 1.44 bits per heavy atom. The van der Waals surface area contributed by atoms with Crippen molar-refractivity contribution in [1.29, 1.82) is 0 Å². The molecule has 61 heavy (non-hydrogen) atoms. The van der Waals surface area contributed by atoms with E-state index in [1.54, 1.807) is 0 Å². The third kappa shape index (κ3) is 8.46. The first-order chi connectivity index (χ1) is 28.9. The SMILES string of the molecule is COC(=O)C1=C(C(=O)OC)C(CNC(=O)CC(O)(CC(=O)NCC23C=CC(O2)C(C(=O)OC)=C3C(=O)OC)C(=O)NCC23C=CC(O2)C(C(=O)OC)=C3C(=O)OC)C=CC1O. The Morgan fingerprint density at radius 2 is 0.984 bits per heavy atom. The highest BCUT2D eigenvalue weighted by molar-refractivity contribution is 6.07. The van der Waals surface area contributed by atoms with Crippen LogP contribution in [0.4, 0.5) is 0 Å². The molecule has 4 aliphatic heterocycles. The molecule has 0 saturated heterocycles. The van der Waals surface area contributed by atoms with Crippen LogP contribution >= 0.6 is 0 Å². The number of carbonyl (C=O) groups is 9. The average molecular weight is 858 g/mol. The Balaban J connectivity index is 1.40. The number of esters is 6. The van der Waals surface area contributed by atoms with Gasteiger partial charge in [-0.1, -0.05) is 24.3 Å². The highest BCUT2D eigenvalue weighted by atomic mass is 16.6. The van der Waals surface area contributed by atoms with Gasteiger partial charge >= 0.3 is 35.8 Å². The lowest BCUT2D eigenvalue weighted by Gasteiger charge is -2.31. The van der Waals surface area contributed by atoms with Crippen LogP contribution < -0.4 is 16.0 Å². The lowest BCUT2D eigenvalue weighted by molar-refractivity contribution is -0.150. The van der Waals surface area contributed by atoms with Gasteiger partial charge in [-0.15, -0.1) is 0 Å². The Bertz CT molecular complexity index is 2130. The van der Waals surface area contributed by atoms with E-state index in [4.69, 9.17) is 37.9 Å². The van der Waals surface area contributed by atoms with Crippen molar-refractivity contribution in [1.82, 2.24) is 16.0 Å². The van der Waals surface area contributed by atoms with Crippen LogP contribution in [0.25, 0.3) is 0 Å². The summed E-state index contributed by atoms with van der Waals surface area (Å²) in [5.41, 5.74) is -8.19. The number of aliphatic hydroxyl groups excluding tert-OH is 1. The highest BCUT2D eigenvalue weighted by Gasteiger charge is 2.57. The highest BCUT2D eigenvalue weighted by Crippen LogP contribution is 2.45. The average Bonchev–Trinajstić information content (AvgIpc) is 4.04. The Hall–Kier alpha value is -6.49. The minimum Gasteiger partial charge on any atom is -0.466 e. The quantitative estimate of drug-likeness (QED) is 0.0545. The fraction of sp³-hybridized carbons (Fsp3) is 0.462. The molecule has 5 aliphatic rings. The van der Waals surface area contributed by atoms with Crippen molar-refractivity contribution in [3.63, 3.8) is 0 Å². The van der Waals surface area contributed by atoms with E-state index in [0.717, 1.165) is 42.7 Å². The zero-order valence-corrected chi connectivity index (χ0v) is 33.6. The predicted molar refractivity (Wildman–Crippen MR) is 199 cm³/mol. The van der Waals surface area contributed by atoms with E-state index in [-0.39, 0.29) is 27.9 Å². The predicted octanol–water partition coefficient (Wildman–Crippen LogP) is -3.26. The Labute approximate surface area is 346 Å². The summed E-state index contributed by atoms with van der Waals surface area (Å²) in [6.45, 7) is -1.63. The van der Waals surface area contributed by atoms with Gasteiger partial charge in [-0.25, -0.2) is 28.8 Å². The first-order valence-corrected chi connectivity index (χ1v) is 18.3.